The largest absolute Gasteiger partial charge is 0.319 e. The zero-order chi connectivity index (χ0) is 13.7. The van der Waals surface area contributed by atoms with Gasteiger partial charge in [0.2, 0.25) is 0 Å². The van der Waals surface area contributed by atoms with Crippen LogP contribution in [0.3, 0.4) is 0 Å². The highest BCUT2D eigenvalue weighted by atomic mass is 15.1. The summed E-state index contributed by atoms with van der Waals surface area (Å²) in [5, 5.41) is 3.24. The Morgan fingerprint density at radius 3 is 2.22 bits per heavy atom. The molecule has 1 unspecified atom stereocenters. The first kappa shape index (κ1) is 15.2. The first-order valence-corrected chi connectivity index (χ1v) is 6.84. The van der Waals surface area contributed by atoms with E-state index in [9.17, 15) is 0 Å². The first-order valence-electron chi connectivity index (χ1n) is 6.84. The highest BCUT2D eigenvalue weighted by molar-refractivity contribution is 5.37. The van der Waals surface area contributed by atoms with E-state index in [1.165, 1.54) is 22.3 Å². The SMILES string of the molecule is CNCC(C)CN(C)Cc1c(C)cc(C)cc1C. The molecule has 0 amide bonds. The van der Waals surface area contributed by atoms with Crippen molar-refractivity contribution in [2.24, 2.45) is 5.92 Å². The Labute approximate surface area is 112 Å². The lowest BCUT2D eigenvalue weighted by molar-refractivity contribution is 0.275. The van der Waals surface area contributed by atoms with Gasteiger partial charge in [0, 0.05) is 13.1 Å². The van der Waals surface area contributed by atoms with Crippen molar-refractivity contribution in [1.29, 1.82) is 0 Å². The van der Waals surface area contributed by atoms with E-state index >= 15 is 0 Å². The van der Waals surface area contributed by atoms with Crippen molar-refractivity contribution < 1.29 is 0 Å². The number of nitrogens with zero attached hydrogens (tertiary/aromatic N) is 1. The summed E-state index contributed by atoms with van der Waals surface area (Å²) in [4.78, 5) is 2.42. The van der Waals surface area contributed by atoms with Gasteiger partial charge in [-0.15, -0.1) is 0 Å². The molecule has 102 valence electrons. The molecule has 0 saturated heterocycles. The maximum atomic E-state index is 3.24. The molecule has 0 aliphatic heterocycles. The summed E-state index contributed by atoms with van der Waals surface area (Å²) >= 11 is 0. The van der Waals surface area contributed by atoms with E-state index in [-0.39, 0.29) is 0 Å². The summed E-state index contributed by atoms with van der Waals surface area (Å²) < 4.78 is 0. The van der Waals surface area contributed by atoms with Crippen LogP contribution in [0, 0.1) is 26.7 Å². The molecule has 0 radical (unpaired) electrons. The maximum Gasteiger partial charge on any atom is 0.0236 e. The van der Waals surface area contributed by atoms with Crippen molar-refractivity contribution in [2.45, 2.75) is 34.2 Å². The average molecular weight is 248 g/mol. The molecule has 0 spiro atoms. The van der Waals surface area contributed by atoms with Gasteiger partial charge < -0.3 is 10.2 Å². The lowest BCUT2D eigenvalue weighted by Gasteiger charge is -2.23. The first-order chi connectivity index (χ1) is 8.43. The molecule has 2 nitrogen and oxygen atoms in total. The molecular formula is C16H28N2. The van der Waals surface area contributed by atoms with Crippen molar-refractivity contribution in [3.8, 4) is 0 Å². The van der Waals surface area contributed by atoms with Crippen LogP contribution in [0.2, 0.25) is 0 Å². The number of aryl methyl sites for hydroxylation is 3. The Morgan fingerprint density at radius 1 is 1.17 bits per heavy atom. The van der Waals surface area contributed by atoms with E-state index < -0.39 is 0 Å². The number of benzene rings is 1. The summed E-state index contributed by atoms with van der Waals surface area (Å²) in [5.41, 5.74) is 5.68. The Kier molecular flexibility index (Phi) is 5.83. The molecule has 0 heterocycles. The molecule has 0 aliphatic rings. The van der Waals surface area contributed by atoms with Crippen LogP contribution < -0.4 is 5.32 Å². The summed E-state index contributed by atoms with van der Waals surface area (Å²) in [7, 11) is 4.23. The van der Waals surface area contributed by atoms with Gasteiger partial charge in [-0.1, -0.05) is 24.6 Å². The summed E-state index contributed by atoms with van der Waals surface area (Å²) in [6.07, 6.45) is 0. The van der Waals surface area contributed by atoms with Crippen molar-refractivity contribution in [1.82, 2.24) is 10.2 Å². The van der Waals surface area contributed by atoms with Crippen LogP contribution in [-0.4, -0.2) is 32.1 Å². The van der Waals surface area contributed by atoms with Crippen LogP contribution in [0.4, 0.5) is 0 Å². The normalized spacial score (nSPS) is 13.1. The van der Waals surface area contributed by atoms with Crippen LogP contribution in [-0.2, 0) is 6.54 Å². The minimum absolute atomic E-state index is 0.686. The van der Waals surface area contributed by atoms with E-state index in [1.54, 1.807) is 0 Å². The maximum absolute atomic E-state index is 3.24. The minimum atomic E-state index is 0.686. The fourth-order valence-corrected chi connectivity index (χ4v) is 2.74. The van der Waals surface area contributed by atoms with Crippen molar-refractivity contribution in [3.05, 3.63) is 34.4 Å². The van der Waals surface area contributed by atoms with E-state index in [1.807, 2.05) is 7.05 Å². The minimum Gasteiger partial charge on any atom is -0.319 e. The molecule has 0 fully saturated rings. The molecule has 0 bridgehead atoms. The molecule has 1 aromatic carbocycles. The third-order valence-electron chi connectivity index (χ3n) is 3.44. The highest BCUT2D eigenvalue weighted by Crippen LogP contribution is 2.18. The second kappa shape index (κ2) is 6.91. The zero-order valence-corrected chi connectivity index (χ0v) is 12.8. The Balaban J connectivity index is 2.67. The van der Waals surface area contributed by atoms with Crippen LogP contribution in [0.1, 0.15) is 29.2 Å². The molecule has 2 heteroatoms. The molecule has 1 rings (SSSR count). The predicted octanol–water partition coefficient (Wildman–Crippen LogP) is 2.90. The molecule has 0 saturated carbocycles. The Hall–Kier alpha value is -0.860. The second-order valence-corrected chi connectivity index (χ2v) is 5.74. The summed E-state index contributed by atoms with van der Waals surface area (Å²) in [6.45, 7) is 12.2. The van der Waals surface area contributed by atoms with Crippen molar-refractivity contribution >= 4 is 0 Å². The lowest BCUT2D eigenvalue weighted by atomic mass is 9.99. The van der Waals surface area contributed by atoms with Gasteiger partial charge in [-0.05, 0) is 64.0 Å². The van der Waals surface area contributed by atoms with Crippen LogP contribution in [0.25, 0.3) is 0 Å². The molecule has 18 heavy (non-hydrogen) atoms. The third kappa shape index (κ3) is 4.43. The summed E-state index contributed by atoms with van der Waals surface area (Å²) in [6, 6.07) is 4.57. The monoisotopic (exact) mass is 248 g/mol. The van der Waals surface area contributed by atoms with Gasteiger partial charge >= 0.3 is 0 Å². The molecule has 1 aromatic rings. The van der Waals surface area contributed by atoms with Gasteiger partial charge in [-0.3, -0.25) is 0 Å². The summed E-state index contributed by atoms with van der Waals surface area (Å²) in [5.74, 6) is 0.686. The standard InChI is InChI=1S/C16H28N2/c1-12-7-14(3)16(15(4)8-12)11-18(6)10-13(2)9-17-5/h7-8,13,17H,9-11H2,1-6H3. The van der Waals surface area contributed by atoms with Crippen molar-refractivity contribution in [3.63, 3.8) is 0 Å². The van der Waals surface area contributed by atoms with Gasteiger partial charge in [-0.25, -0.2) is 0 Å². The van der Waals surface area contributed by atoms with E-state index in [2.05, 4.69) is 57.1 Å². The smallest absolute Gasteiger partial charge is 0.0236 e. The highest BCUT2D eigenvalue weighted by Gasteiger charge is 2.09. The zero-order valence-electron chi connectivity index (χ0n) is 12.8. The van der Waals surface area contributed by atoms with Gasteiger partial charge in [0.05, 0.1) is 0 Å². The van der Waals surface area contributed by atoms with Crippen LogP contribution in [0.5, 0.6) is 0 Å². The fourth-order valence-electron chi connectivity index (χ4n) is 2.74. The van der Waals surface area contributed by atoms with E-state index in [0.717, 1.165) is 19.6 Å². The van der Waals surface area contributed by atoms with Gasteiger partial charge in [-0.2, -0.15) is 0 Å². The van der Waals surface area contributed by atoms with E-state index in [0.29, 0.717) is 5.92 Å². The van der Waals surface area contributed by atoms with Gasteiger partial charge in [0.15, 0.2) is 0 Å². The molecule has 0 aliphatic carbocycles. The van der Waals surface area contributed by atoms with Crippen molar-refractivity contribution in [2.75, 3.05) is 27.2 Å². The van der Waals surface area contributed by atoms with Gasteiger partial charge in [0.1, 0.15) is 0 Å². The number of rotatable bonds is 6. The second-order valence-electron chi connectivity index (χ2n) is 5.74. The quantitative estimate of drug-likeness (QED) is 0.833. The number of hydrogen-bond donors (Lipinski definition) is 1. The lowest BCUT2D eigenvalue weighted by Crippen LogP contribution is -2.29. The average Bonchev–Trinajstić information content (AvgIpc) is 2.23. The fraction of sp³-hybridized carbons (Fsp3) is 0.625. The third-order valence-corrected chi connectivity index (χ3v) is 3.44. The molecule has 0 aromatic heterocycles. The topological polar surface area (TPSA) is 15.3 Å². The number of nitrogens with one attached hydrogen (secondary N) is 1. The molecule has 1 N–H and O–H groups in total. The van der Waals surface area contributed by atoms with Crippen LogP contribution in [0.15, 0.2) is 12.1 Å². The Morgan fingerprint density at radius 2 is 1.72 bits per heavy atom. The predicted molar refractivity (Wildman–Crippen MR) is 80.1 cm³/mol. The molecule has 1 atom stereocenters. The number of hydrogen-bond acceptors (Lipinski definition) is 2. The molecular weight excluding hydrogens is 220 g/mol. The Bertz CT molecular complexity index is 362. The van der Waals surface area contributed by atoms with Gasteiger partial charge in [0.25, 0.3) is 0 Å². The van der Waals surface area contributed by atoms with E-state index in [4.69, 9.17) is 0 Å². The van der Waals surface area contributed by atoms with Crippen LogP contribution >= 0.6 is 0 Å².